The van der Waals surface area contributed by atoms with Crippen LogP contribution in [0.15, 0.2) is 35.4 Å². The summed E-state index contributed by atoms with van der Waals surface area (Å²) in [6, 6.07) is 6.68. The molecule has 2 amide bonds. The van der Waals surface area contributed by atoms with Crippen molar-refractivity contribution in [2.45, 2.75) is 38.0 Å². The van der Waals surface area contributed by atoms with Gasteiger partial charge in [-0.15, -0.1) is 0 Å². The molecule has 1 aromatic heterocycles. The van der Waals surface area contributed by atoms with Crippen molar-refractivity contribution in [2.24, 2.45) is 7.05 Å². The van der Waals surface area contributed by atoms with E-state index in [1.807, 2.05) is 13.0 Å². The van der Waals surface area contributed by atoms with Crippen molar-refractivity contribution in [3.05, 3.63) is 41.7 Å². The van der Waals surface area contributed by atoms with Crippen molar-refractivity contribution in [1.82, 2.24) is 8.87 Å². The second-order valence-corrected chi connectivity index (χ2v) is 9.26. The predicted molar refractivity (Wildman–Crippen MR) is 111 cm³/mol. The lowest BCUT2D eigenvalue weighted by Crippen LogP contribution is -2.35. The van der Waals surface area contributed by atoms with Crippen LogP contribution in [0.3, 0.4) is 0 Å². The van der Waals surface area contributed by atoms with Gasteiger partial charge in [-0.1, -0.05) is 12.5 Å². The molecule has 1 fully saturated rings. The van der Waals surface area contributed by atoms with E-state index in [-0.39, 0.29) is 16.5 Å². The lowest BCUT2D eigenvalue weighted by Gasteiger charge is -2.25. The van der Waals surface area contributed by atoms with Crippen LogP contribution in [-0.4, -0.2) is 42.2 Å². The molecule has 8 nitrogen and oxygen atoms in total. The number of benzene rings is 1. The van der Waals surface area contributed by atoms with Crippen molar-refractivity contribution >= 4 is 33.2 Å². The van der Waals surface area contributed by atoms with Crippen molar-refractivity contribution in [3.63, 3.8) is 0 Å². The zero-order valence-electron chi connectivity index (χ0n) is 16.9. The number of aromatic nitrogens is 1. The summed E-state index contributed by atoms with van der Waals surface area (Å²) in [6.07, 6.45) is 4.18. The van der Waals surface area contributed by atoms with Crippen LogP contribution >= 0.6 is 0 Å². The molecule has 9 heteroatoms. The van der Waals surface area contributed by atoms with Crippen LogP contribution in [0.5, 0.6) is 0 Å². The number of nitrogens with zero attached hydrogens (tertiary/aromatic N) is 2. The summed E-state index contributed by atoms with van der Waals surface area (Å²) >= 11 is 0. The maximum Gasteiger partial charge on any atom is 0.272 e. The third-order valence-electron chi connectivity index (χ3n) is 4.90. The fraction of sp³-hybridized carbons (Fsp3) is 0.400. The number of nitrogens with one attached hydrogen (secondary N) is 2. The molecule has 0 aliphatic carbocycles. The topological polar surface area (TPSA) is 101 Å². The highest BCUT2D eigenvalue weighted by molar-refractivity contribution is 7.89. The summed E-state index contributed by atoms with van der Waals surface area (Å²) in [6.45, 7) is 4.27. The number of carbonyl (C=O) groups excluding carboxylic acids is 2. The number of amides is 2. The largest absolute Gasteiger partial charge is 0.345 e. The van der Waals surface area contributed by atoms with Crippen LogP contribution in [0.1, 0.15) is 42.2 Å². The van der Waals surface area contributed by atoms with Crippen LogP contribution < -0.4 is 10.6 Å². The zero-order chi connectivity index (χ0) is 21.2. The third kappa shape index (κ3) is 4.68. The number of sulfonamides is 1. The number of carbonyl (C=O) groups is 2. The fourth-order valence-electron chi connectivity index (χ4n) is 3.40. The van der Waals surface area contributed by atoms with E-state index in [0.29, 0.717) is 24.5 Å². The SMILES string of the molecule is CC(=O)Nc1ccc(C)cc1NC(=O)c1cc(S(=O)(=O)N2CCCCC2)cn1C. The molecule has 1 aliphatic heterocycles. The minimum Gasteiger partial charge on any atom is -0.345 e. The van der Waals surface area contributed by atoms with Gasteiger partial charge in [-0.2, -0.15) is 4.31 Å². The monoisotopic (exact) mass is 418 g/mol. The first-order valence-electron chi connectivity index (χ1n) is 9.54. The molecule has 0 bridgehead atoms. The Hall–Kier alpha value is -2.65. The Morgan fingerprint density at radius 2 is 1.69 bits per heavy atom. The fourth-order valence-corrected chi connectivity index (χ4v) is 4.99. The molecule has 0 saturated carbocycles. The van der Waals surface area contributed by atoms with E-state index in [9.17, 15) is 18.0 Å². The summed E-state index contributed by atoms with van der Waals surface area (Å²) in [5.74, 6) is -0.706. The lowest BCUT2D eigenvalue weighted by molar-refractivity contribution is -0.114. The molecular weight excluding hydrogens is 392 g/mol. The average Bonchev–Trinajstić information content (AvgIpc) is 3.07. The molecule has 0 unspecified atom stereocenters. The number of hydrogen-bond acceptors (Lipinski definition) is 4. The van der Waals surface area contributed by atoms with Crippen molar-refractivity contribution in [1.29, 1.82) is 0 Å². The Morgan fingerprint density at radius 3 is 2.34 bits per heavy atom. The minimum atomic E-state index is -3.63. The number of hydrogen-bond donors (Lipinski definition) is 2. The standard InChI is InChI=1S/C20H26N4O4S/c1-14-7-8-17(21-15(2)25)18(11-14)22-20(26)19-12-16(13-23(19)3)29(27,28)24-9-5-4-6-10-24/h7-8,11-13H,4-6,9-10H2,1-3H3,(H,21,25)(H,22,26). The van der Waals surface area contributed by atoms with Crippen LogP contribution in [-0.2, 0) is 21.9 Å². The number of anilines is 2. The zero-order valence-corrected chi connectivity index (χ0v) is 17.7. The van der Waals surface area contributed by atoms with Gasteiger partial charge in [-0.05, 0) is 43.5 Å². The van der Waals surface area contributed by atoms with Crippen molar-refractivity contribution < 1.29 is 18.0 Å². The molecule has 3 rings (SSSR count). The average molecular weight is 419 g/mol. The Balaban J connectivity index is 1.86. The second kappa shape index (κ2) is 8.38. The van der Waals surface area contributed by atoms with Gasteiger partial charge in [0.25, 0.3) is 5.91 Å². The summed E-state index contributed by atoms with van der Waals surface area (Å²) in [7, 11) is -1.99. The van der Waals surface area contributed by atoms with Crippen LogP contribution in [0.25, 0.3) is 0 Å². The van der Waals surface area contributed by atoms with Gasteiger partial charge >= 0.3 is 0 Å². The van der Waals surface area contributed by atoms with Crippen molar-refractivity contribution in [3.8, 4) is 0 Å². The quantitative estimate of drug-likeness (QED) is 0.780. The van der Waals surface area contributed by atoms with E-state index in [1.54, 1.807) is 19.2 Å². The molecule has 1 aliphatic rings. The van der Waals surface area contributed by atoms with Gasteiger partial charge in [0.2, 0.25) is 15.9 Å². The van der Waals surface area contributed by atoms with Gasteiger partial charge in [-0.25, -0.2) is 8.42 Å². The molecule has 1 aromatic carbocycles. The van der Waals surface area contributed by atoms with Crippen LogP contribution in [0.2, 0.25) is 0 Å². The number of piperidine rings is 1. The molecule has 29 heavy (non-hydrogen) atoms. The van der Waals surface area contributed by atoms with Gasteiger partial charge in [0.1, 0.15) is 10.6 Å². The van der Waals surface area contributed by atoms with E-state index < -0.39 is 15.9 Å². The molecule has 1 saturated heterocycles. The minimum absolute atomic E-state index is 0.110. The highest BCUT2D eigenvalue weighted by Crippen LogP contribution is 2.26. The molecule has 0 radical (unpaired) electrons. The highest BCUT2D eigenvalue weighted by Gasteiger charge is 2.28. The normalized spacial score (nSPS) is 15.1. The van der Waals surface area contributed by atoms with E-state index in [0.717, 1.165) is 24.8 Å². The van der Waals surface area contributed by atoms with E-state index in [4.69, 9.17) is 0 Å². The Bertz CT molecular complexity index is 1040. The number of aryl methyl sites for hydroxylation is 2. The molecular formula is C20H26N4O4S. The van der Waals surface area contributed by atoms with Gasteiger partial charge in [0.15, 0.2) is 0 Å². The van der Waals surface area contributed by atoms with Crippen molar-refractivity contribution in [2.75, 3.05) is 23.7 Å². The number of rotatable bonds is 5. The maximum absolute atomic E-state index is 12.9. The second-order valence-electron chi connectivity index (χ2n) is 7.32. The van der Waals surface area contributed by atoms with E-state index in [1.165, 1.54) is 28.1 Å². The Labute approximate surface area is 170 Å². The predicted octanol–water partition coefficient (Wildman–Crippen LogP) is 2.72. The summed E-state index contributed by atoms with van der Waals surface area (Å²) < 4.78 is 28.7. The smallest absolute Gasteiger partial charge is 0.272 e. The van der Waals surface area contributed by atoms with E-state index in [2.05, 4.69) is 10.6 Å². The maximum atomic E-state index is 12.9. The van der Waals surface area contributed by atoms with E-state index >= 15 is 0 Å². The first kappa shape index (κ1) is 21.1. The molecule has 0 atom stereocenters. The molecule has 2 heterocycles. The Kier molecular flexibility index (Phi) is 6.09. The Morgan fingerprint density at radius 1 is 1.00 bits per heavy atom. The first-order valence-corrected chi connectivity index (χ1v) is 11.0. The van der Waals surface area contributed by atoms with Crippen LogP contribution in [0.4, 0.5) is 11.4 Å². The first-order chi connectivity index (χ1) is 13.7. The molecule has 2 N–H and O–H groups in total. The third-order valence-corrected chi connectivity index (χ3v) is 6.76. The van der Waals surface area contributed by atoms with Gasteiger partial charge < -0.3 is 15.2 Å². The van der Waals surface area contributed by atoms with Gasteiger partial charge in [0.05, 0.1) is 11.4 Å². The summed E-state index contributed by atoms with van der Waals surface area (Å²) in [5.41, 5.74) is 2.06. The highest BCUT2D eigenvalue weighted by atomic mass is 32.2. The molecule has 156 valence electrons. The lowest BCUT2D eigenvalue weighted by atomic mass is 10.2. The van der Waals surface area contributed by atoms with Gasteiger partial charge in [0, 0.05) is 33.3 Å². The molecule has 2 aromatic rings. The van der Waals surface area contributed by atoms with Gasteiger partial charge in [-0.3, -0.25) is 9.59 Å². The summed E-state index contributed by atoms with van der Waals surface area (Å²) in [5, 5.41) is 5.46. The van der Waals surface area contributed by atoms with Crippen LogP contribution in [0, 0.1) is 6.92 Å². The summed E-state index contributed by atoms with van der Waals surface area (Å²) in [4.78, 5) is 24.4. The molecule has 0 spiro atoms.